The van der Waals surface area contributed by atoms with E-state index in [1.807, 2.05) is 30.3 Å². The Balaban J connectivity index is 1.81. The number of nitrogens with zero attached hydrogens (tertiary/aromatic N) is 1. The summed E-state index contributed by atoms with van der Waals surface area (Å²) in [5.41, 5.74) is 8.00. The van der Waals surface area contributed by atoms with E-state index in [4.69, 9.17) is 12.3 Å². The Bertz CT molecular complexity index is 859. The van der Waals surface area contributed by atoms with E-state index in [2.05, 4.69) is 10.2 Å². The molecule has 0 aliphatic rings. The normalized spacial score (nSPS) is 12.6. The molecule has 6 heteroatoms. The maximum atomic E-state index is 12.3. The molecule has 0 fully saturated rings. The van der Waals surface area contributed by atoms with Crippen LogP contribution in [0.4, 0.5) is 5.69 Å². The molecule has 0 unspecified atom stereocenters. The van der Waals surface area contributed by atoms with Crippen LogP contribution in [0.1, 0.15) is 30.9 Å². The molecule has 0 aliphatic carbocycles. The molecule has 2 rings (SSSR count). The van der Waals surface area contributed by atoms with Crippen LogP contribution in [0.2, 0.25) is 0 Å². The first kappa shape index (κ1) is 21.1. The van der Waals surface area contributed by atoms with E-state index in [0.29, 0.717) is 30.5 Å². The van der Waals surface area contributed by atoms with Crippen molar-refractivity contribution in [3.63, 3.8) is 0 Å². The van der Waals surface area contributed by atoms with Crippen molar-refractivity contribution < 1.29 is 14.7 Å². The molecule has 4 N–H and O–H groups in total. The molecule has 0 heterocycles. The molecule has 0 bridgehead atoms. The summed E-state index contributed by atoms with van der Waals surface area (Å²) >= 11 is 0. The summed E-state index contributed by atoms with van der Waals surface area (Å²) in [6.07, 6.45) is 1.63. The fraction of sp³-hybridized carbons (Fsp3) is 0.318. The standard InChI is InChI=1S/C22H25N3O3/c1-15(20(26)12-9-17-14-18(24-2)10-13-21(17)27)25-22(28)19(23)11-8-16-6-4-3-5-7-16/h3-7,10,13-15,19,27H,8-9,11-12,23H2,1H3,(H,25,28)/t15-,19+/m0/s1. The predicted octanol–water partition coefficient (Wildman–Crippen LogP) is 2.91. The Morgan fingerprint density at radius 2 is 1.89 bits per heavy atom. The average Bonchev–Trinajstić information content (AvgIpc) is 2.71. The summed E-state index contributed by atoms with van der Waals surface area (Å²) in [5.74, 6) is -0.453. The molecule has 0 aliphatic heterocycles. The van der Waals surface area contributed by atoms with Gasteiger partial charge in [-0.2, -0.15) is 0 Å². The van der Waals surface area contributed by atoms with Crippen LogP contribution in [-0.4, -0.2) is 28.9 Å². The van der Waals surface area contributed by atoms with Crippen LogP contribution in [0.3, 0.4) is 0 Å². The number of benzene rings is 2. The van der Waals surface area contributed by atoms with E-state index >= 15 is 0 Å². The first-order valence-corrected chi connectivity index (χ1v) is 9.22. The highest BCUT2D eigenvalue weighted by Gasteiger charge is 2.20. The second-order valence-corrected chi connectivity index (χ2v) is 6.75. The zero-order chi connectivity index (χ0) is 20.5. The number of nitrogens with one attached hydrogen (secondary N) is 1. The van der Waals surface area contributed by atoms with Crippen molar-refractivity contribution in [2.24, 2.45) is 5.73 Å². The van der Waals surface area contributed by atoms with Crippen molar-refractivity contribution in [1.82, 2.24) is 5.32 Å². The molecule has 6 nitrogen and oxygen atoms in total. The molecular formula is C22H25N3O3. The molecule has 2 aromatic rings. The van der Waals surface area contributed by atoms with E-state index < -0.39 is 12.1 Å². The van der Waals surface area contributed by atoms with Crippen molar-refractivity contribution in [2.45, 2.75) is 44.7 Å². The minimum atomic E-state index is -0.685. The second-order valence-electron chi connectivity index (χ2n) is 6.75. The number of hydrogen-bond donors (Lipinski definition) is 3. The summed E-state index contributed by atoms with van der Waals surface area (Å²) in [5, 5.41) is 12.5. The number of phenols is 1. The van der Waals surface area contributed by atoms with Gasteiger partial charge in [0, 0.05) is 6.42 Å². The monoisotopic (exact) mass is 379 g/mol. The van der Waals surface area contributed by atoms with E-state index in [-0.39, 0.29) is 23.9 Å². The third kappa shape index (κ3) is 6.22. The molecule has 0 saturated carbocycles. The van der Waals surface area contributed by atoms with Gasteiger partial charge in [-0.25, -0.2) is 4.85 Å². The Morgan fingerprint density at radius 1 is 1.18 bits per heavy atom. The van der Waals surface area contributed by atoms with E-state index in [1.165, 1.54) is 12.1 Å². The smallest absolute Gasteiger partial charge is 0.237 e. The molecule has 0 spiro atoms. The van der Waals surface area contributed by atoms with Crippen molar-refractivity contribution in [1.29, 1.82) is 0 Å². The molecule has 28 heavy (non-hydrogen) atoms. The number of Topliss-reactive ketones (excluding diaryl/α,β-unsaturated/α-hetero) is 1. The Hall–Kier alpha value is -3.17. The maximum Gasteiger partial charge on any atom is 0.237 e. The van der Waals surface area contributed by atoms with E-state index in [0.717, 1.165) is 5.56 Å². The number of rotatable bonds is 9. The maximum absolute atomic E-state index is 12.3. The summed E-state index contributed by atoms with van der Waals surface area (Å²) < 4.78 is 0. The van der Waals surface area contributed by atoms with Gasteiger partial charge in [0.15, 0.2) is 11.5 Å². The molecule has 146 valence electrons. The number of aromatic hydroxyl groups is 1. The van der Waals surface area contributed by atoms with Gasteiger partial charge in [-0.1, -0.05) is 36.4 Å². The molecule has 0 saturated heterocycles. The Labute approximate surface area is 165 Å². The van der Waals surface area contributed by atoms with Gasteiger partial charge in [-0.15, -0.1) is 0 Å². The quantitative estimate of drug-likeness (QED) is 0.584. The lowest BCUT2D eigenvalue weighted by Gasteiger charge is -2.17. The van der Waals surface area contributed by atoms with Gasteiger partial charge >= 0.3 is 0 Å². The summed E-state index contributed by atoms with van der Waals surface area (Å²) in [6, 6.07) is 13.0. The number of amides is 1. The number of hydrogen-bond acceptors (Lipinski definition) is 4. The van der Waals surface area contributed by atoms with Crippen molar-refractivity contribution in [2.75, 3.05) is 0 Å². The van der Waals surface area contributed by atoms with Crippen LogP contribution < -0.4 is 11.1 Å². The van der Waals surface area contributed by atoms with Crippen LogP contribution in [0.25, 0.3) is 4.85 Å². The van der Waals surface area contributed by atoms with Gasteiger partial charge < -0.3 is 16.2 Å². The van der Waals surface area contributed by atoms with Gasteiger partial charge in [0.2, 0.25) is 5.91 Å². The van der Waals surface area contributed by atoms with E-state index in [9.17, 15) is 14.7 Å². The molecule has 1 amide bonds. The lowest BCUT2D eigenvalue weighted by molar-refractivity contribution is -0.128. The topological polar surface area (TPSA) is 96.8 Å². The Morgan fingerprint density at radius 3 is 2.57 bits per heavy atom. The first-order chi connectivity index (χ1) is 13.4. The SMILES string of the molecule is [C-]#[N+]c1ccc(O)c(CCC(=O)[C@H](C)NC(=O)[C@H](N)CCc2ccccc2)c1. The lowest BCUT2D eigenvalue weighted by Crippen LogP contribution is -2.47. The first-order valence-electron chi connectivity index (χ1n) is 9.22. The van der Waals surface area contributed by atoms with Crippen LogP contribution >= 0.6 is 0 Å². The largest absolute Gasteiger partial charge is 0.508 e. The van der Waals surface area contributed by atoms with Gasteiger partial charge in [0.25, 0.3) is 0 Å². The van der Waals surface area contributed by atoms with Gasteiger partial charge in [-0.05, 0) is 49.4 Å². The fourth-order valence-corrected chi connectivity index (χ4v) is 2.81. The van der Waals surface area contributed by atoms with E-state index in [1.54, 1.807) is 13.0 Å². The third-order valence-electron chi connectivity index (χ3n) is 4.60. The number of nitrogens with two attached hydrogens (primary N) is 1. The van der Waals surface area contributed by atoms with Crippen LogP contribution in [0.5, 0.6) is 5.75 Å². The number of ketones is 1. The molecule has 0 aromatic heterocycles. The van der Waals surface area contributed by atoms with Gasteiger partial charge in [0.05, 0.1) is 18.7 Å². The molecule has 0 radical (unpaired) electrons. The summed E-state index contributed by atoms with van der Waals surface area (Å²) in [6.45, 7) is 8.64. The summed E-state index contributed by atoms with van der Waals surface area (Å²) in [4.78, 5) is 27.9. The average molecular weight is 379 g/mol. The second kappa shape index (κ2) is 10.2. The fourth-order valence-electron chi connectivity index (χ4n) is 2.81. The Kier molecular flexibility index (Phi) is 7.73. The van der Waals surface area contributed by atoms with Gasteiger partial charge in [-0.3, -0.25) is 9.59 Å². The third-order valence-corrected chi connectivity index (χ3v) is 4.60. The zero-order valence-corrected chi connectivity index (χ0v) is 15.9. The number of carbonyl (C=O) groups excluding carboxylic acids is 2. The van der Waals surface area contributed by atoms with Gasteiger partial charge in [0.1, 0.15) is 5.75 Å². The highest BCUT2D eigenvalue weighted by Crippen LogP contribution is 2.24. The zero-order valence-electron chi connectivity index (χ0n) is 15.9. The predicted molar refractivity (Wildman–Crippen MR) is 108 cm³/mol. The van der Waals surface area contributed by atoms with Crippen LogP contribution in [0, 0.1) is 6.57 Å². The molecule has 2 aromatic carbocycles. The summed E-state index contributed by atoms with van der Waals surface area (Å²) in [7, 11) is 0. The highest BCUT2D eigenvalue weighted by atomic mass is 16.3. The minimum absolute atomic E-state index is 0.0554. The number of phenolic OH excluding ortho intramolecular Hbond substituents is 1. The van der Waals surface area contributed by atoms with Crippen molar-refractivity contribution in [3.05, 3.63) is 71.1 Å². The van der Waals surface area contributed by atoms with Crippen molar-refractivity contribution in [3.8, 4) is 5.75 Å². The highest BCUT2D eigenvalue weighted by molar-refractivity contribution is 5.90. The lowest BCUT2D eigenvalue weighted by atomic mass is 10.0. The number of aryl methyl sites for hydroxylation is 2. The van der Waals surface area contributed by atoms with Crippen molar-refractivity contribution >= 4 is 17.4 Å². The molecule has 2 atom stereocenters. The molecular weight excluding hydrogens is 354 g/mol. The number of carbonyl (C=O) groups is 2. The minimum Gasteiger partial charge on any atom is -0.508 e. The van der Waals surface area contributed by atoms with Crippen LogP contribution in [-0.2, 0) is 22.4 Å². The van der Waals surface area contributed by atoms with Crippen LogP contribution in [0.15, 0.2) is 48.5 Å².